The first kappa shape index (κ1) is 22.0. The van der Waals surface area contributed by atoms with Gasteiger partial charge in [-0.05, 0) is 60.3 Å². The predicted molar refractivity (Wildman–Crippen MR) is 141 cm³/mol. The van der Waals surface area contributed by atoms with E-state index in [1.54, 1.807) is 25.4 Å². The molecule has 0 unspecified atom stereocenters. The molecular formula is C28H25N5O2. The van der Waals surface area contributed by atoms with Gasteiger partial charge in [-0.1, -0.05) is 35.9 Å². The summed E-state index contributed by atoms with van der Waals surface area (Å²) in [6.45, 7) is 2.03. The smallest absolute Gasteiger partial charge is 0.323 e. The van der Waals surface area contributed by atoms with Crippen molar-refractivity contribution in [1.29, 1.82) is 0 Å². The summed E-state index contributed by atoms with van der Waals surface area (Å²) in [4.78, 5) is 17.0. The highest BCUT2D eigenvalue weighted by molar-refractivity contribution is 6.03. The molecule has 2 heterocycles. The fourth-order valence-corrected chi connectivity index (χ4v) is 4.14. The number of carbonyl (C=O) groups is 1. The van der Waals surface area contributed by atoms with Gasteiger partial charge in [-0.2, -0.15) is 0 Å². The predicted octanol–water partition coefficient (Wildman–Crippen LogP) is 6.24. The second-order valence-electron chi connectivity index (χ2n) is 8.23. The maximum absolute atomic E-state index is 12.9. The van der Waals surface area contributed by atoms with Gasteiger partial charge in [0.2, 0.25) is 0 Å². The molecule has 0 aliphatic carbocycles. The number of nitrogens with two attached hydrogens (primary N) is 1. The Balaban J connectivity index is 1.50. The molecule has 4 N–H and O–H groups in total. The number of urea groups is 1. The third kappa shape index (κ3) is 4.52. The van der Waals surface area contributed by atoms with Crippen molar-refractivity contribution in [1.82, 2.24) is 9.55 Å². The van der Waals surface area contributed by atoms with Crippen LogP contribution in [0.1, 0.15) is 5.56 Å². The summed E-state index contributed by atoms with van der Waals surface area (Å²) < 4.78 is 7.41. The van der Waals surface area contributed by atoms with Gasteiger partial charge in [-0.25, -0.2) is 9.78 Å². The molecule has 0 saturated carbocycles. The van der Waals surface area contributed by atoms with Crippen LogP contribution in [0.3, 0.4) is 0 Å². The Morgan fingerprint density at radius 1 is 0.943 bits per heavy atom. The number of methoxy groups -OCH3 is 1. The van der Waals surface area contributed by atoms with Gasteiger partial charge in [-0.3, -0.25) is 0 Å². The molecular weight excluding hydrogens is 438 g/mol. The number of benzene rings is 3. The maximum atomic E-state index is 12.9. The molecule has 0 spiro atoms. The van der Waals surface area contributed by atoms with Gasteiger partial charge in [0.25, 0.3) is 0 Å². The minimum atomic E-state index is -0.351. The number of ether oxygens (including phenoxy) is 1. The van der Waals surface area contributed by atoms with Crippen molar-refractivity contribution in [2.24, 2.45) is 0 Å². The second-order valence-corrected chi connectivity index (χ2v) is 8.23. The molecule has 0 fully saturated rings. The SMILES string of the molecule is COc1ccccc1NC(=O)Nc1ccc(C)cc1-c1ccc2ccn(-c3ccnc(N)c3)c2c1. The second kappa shape index (κ2) is 9.23. The number of amides is 2. The number of rotatable bonds is 5. The van der Waals surface area contributed by atoms with Crippen LogP contribution in [0.2, 0.25) is 0 Å². The van der Waals surface area contributed by atoms with Crippen LogP contribution in [0.5, 0.6) is 5.75 Å². The van der Waals surface area contributed by atoms with Gasteiger partial charge in [0.05, 0.1) is 29.7 Å². The molecule has 7 nitrogen and oxygen atoms in total. The van der Waals surface area contributed by atoms with Gasteiger partial charge in [0, 0.05) is 24.0 Å². The van der Waals surface area contributed by atoms with Gasteiger partial charge >= 0.3 is 6.03 Å². The summed E-state index contributed by atoms with van der Waals surface area (Å²) in [5.74, 6) is 1.06. The number of nitrogens with zero attached hydrogens (tertiary/aromatic N) is 2. The van der Waals surface area contributed by atoms with E-state index in [0.29, 0.717) is 22.9 Å². The van der Waals surface area contributed by atoms with Crippen LogP contribution in [0.25, 0.3) is 27.7 Å². The van der Waals surface area contributed by atoms with Crippen molar-refractivity contribution in [3.63, 3.8) is 0 Å². The molecule has 35 heavy (non-hydrogen) atoms. The quantitative estimate of drug-likeness (QED) is 0.288. The van der Waals surface area contributed by atoms with E-state index < -0.39 is 0 Å². The van der Waals surface area contributed by atoms with Gasteiger partial charge in [-0.15, -0.1) is 0 Å². The molecule has 2 amide bonds. The fourth-order valence-electron chi connectivity index (χ4n) is 4.14. The number of hydrogen-bond donors (Lipinski definition) is 3. The maximum Gasteiger partial charge on any atom is 0.323 e. The zero-order valence-corrected chi connectivity index (χ0v) is 19.4. The van der Waals surface area contributed by atoms with Crippen LogP contribution in [0.4, 0.5) is 22.0 Å². The highest BCUT2D eigenvalue weighted by Gasteiger charge is 2.13. The Bertz CT molecular complexity index is 1540. The summed E-state index contributed by atoms with van der Waals surface area (Å²) in [6, 6.07) is 25.0. The van der Waals surface area contributed by atoms with E-state index in [1.807, 2.05) is 49.5 Å². The summed E-state index contributed by atoms with van der Waals surface area (Å²) in [5.41, 5.74) is 12.2. The Morgan fingerprint density at radius 3 is 2.60 bits per heavy atom. The minimum absolute atomic E-state index is 0.351. The number of hydrogen-bond acceptors (Lipinski definition) is 4. The monoisotopic (exact) mass is 463 g/mol. The van der Waals surface area contributed by atoms with E-state index >= 15 is 0 Å². The Labute approximate surface area is 203 Å². The Kier molecular flexibility index (Phi) is 5.81. The molecule has 0 saturated heterocycles. The molecule has 7 heteroatoms. The van der Waals surface area contributed by atoms with E-state index in [4.69, 9.17) is 10.5 Å². The molecule has 5 rings (SSSR count). The van der Waals surface area contributed by atoms with Crippen LogP contribution >= 0.6 is 0 Å². The highest BCUT2D eigenvalue weighted by Crippen LogP contribution is 2.33. The van der Waals surface area contributed by atoms with Crippen LogP contribution in [-0.4, -0.2) is 22.7 Å². The summed E-state index contributed by atoms with van der Waals surface area (Å²) in [7, 11) is 1.57. The molecule has 5 aromatic rings. The largest absolute Gasteiger partial charge is 0.495 e. The lowest BCUT2D eigenvalue weighted by atomic mass is 10.00. The number of nitrogen functional groups attached to an aromatic ring is 1. The zero-order chi connectivity index (χ0) is 24.4. The van der Waals surface area contributed by atoms with Crippen molar-refractivity contribution < 1.29 is 9.53 Å². The molecule has 0 aliphatic rings. The third-order valence-electron chi connectivity index (χ3n) is 5.83. The first-order chi connectivity index (χ1) is 17.0. The number of anilines is 3. The number of carbonyl (C=O) groups excluding carboxylic acids is 1. The van der Waals surface area contributed by atoms with E-state index in [-0.39, 0.29) is 6.03 Å². The molecule has 2 aromatic heterocycles. The van der Waals surface area contributed by atoms with Gasteiger partial charge < -0.3 is 25.7 Å². The minimum Gasteiger partial charge on any atom is -0.495 e. The van der Waals surface area contributed by atoms with Crippen LogP contribution in [0, 0.1) is 6.92 Å². The first-order valence-electron chi connectivity index (χ1n) is 11.2. The average Bonchev–Trinajstić information content (AvgIpc) is 3.29. The topological polar surface area (TPSA) is 94.2 Å². The molecule has 0 atom stereocenters. The zero-order valence-electron chi connectivity index (χ0n) is 19.4. The van der Waals surface area contributed by atoms with Crippen molar-refractivity contribution in [2.75, 3.05) is 23.5 Å². The Morgan fingerprint density at radius 2 is 1.77 bits per heavy atom. The molecule has 174 valence electrons. The van der Waals surface area contributed by atoms with Gasteiger partial charge in [0.15, 0.2) is 0 Å². The number of para-hydroxylation sites is 2. The van der Waals surface area contributed by atoms with Crippen LogP contribution in [0.15, 0.2) is 91.3 Å². The standard InChI is InChI=1S/C28H25N5O2/c1-18-7-10-23(31-28(34)32-24-5-3-4-6-26(24)35-2)22(15-18)20-9-8-19-12-14-33(25(19)16-20)21-11-13-30-27(29)17-21/h3-17H,1-2H3,(H2,29,30)(H2,31,32,34). The average molecular weight is 464 g/mol. The van der Waals surface area contributed by atoms with E-state index in [9.17, 15) is 4.79 Å². The highest BCUT2D eigenvalue weighted by atomic mass is 16.5. The summed E-state index contributed by atoms with van der Waals surface area (Å²) >= 11 is 0. The van der Waals surface area contributed by atoms with E-state index in [2.05, 4.69) is 50.5 Å². The van der Waals surface area contributed by atoms with Crippen molar-refractivity contribution in [2.45, 2.75) is 6.92 Å². The summed E-state index contributed by atoms with van der Waals surface area (Å²) in [6.07, 6.45) is 3.71. The number of aryl methyl sites for hydroxylation is 1. The number of aromatic nitrogens is 2. The number of nitrogens with one attached hydrogen (secondary N) is 2. The fraction of sp³-hybridized carbons (Fsp3) is 0.0714. The van der Waals surface area contributed by atoms with Crippen LogP contribution in [-0.2, 0) is 0 Å². The van der Waals surface area contributed by atoms with Crippen LogP contribution < -0.4 is 21.1 Å². The van der Waals surface area contributed by atoms with E-state index in [1.165, 1.54) is 0 Å². The molecule has 0 radical (unpaired) electrons. The van der Waals surface area contributed by atoms with Crippen molar-refractivity contribution in [3.8, 4) is 22.6 Å². The lowest BCUT2D eigenvalue weighted by Gasteiger charge is -2.15. The molecule has 3 aromatic carbocycles. The van der Waals surface area contributed by atoms with Crippen molar-refractivity contribution >= 4 is 34.1 Å². The Hall–Kier alpha value is -4.78. The third-order valence-corrected chi connectivity index (χ3v) is 5.83. The number of fused-ring (bicyclic) bond motifs is 1. The van der Waals surface area contributed by atoms with Crippen molar-refractivity contribution in [3.05, 3.63) is 96.8 Å². The van der Waals surface area contributed by atoms with E-state index in [0.717, 1.165) is 33.3 Å². The molecule has 0 bridgehead atoms. The lowest BCUT2D eigenvalue weighted by Crippen LogP contribution is -2.20. The molecule has 0 aliphatic heterocycles. The number of pyridine rings is 1. The van der Waals surface area contributed by atoms with Gasteiger partial charge in [0.1, 0.15) is 11.6 Å². The summed E-state index contributed by atoms with van der Waals surface area (Å²) in [5, 5.41) is 6.96. The first-order valence-corrected chi connectivity index (χ1v) is 11.2. The normalized spacial score (nSPS) is 10.8. The lowest BCUT2D eigenvalue weighted by molar-refractivity contribution is 0.262.